The maximum atomic E-state index is 12.9. The molecule has 1 fully saturated rings. The van der Waals surface area contributed by atoms with Crippen molar-refractivity contribution in [1.29, 1.82) is 0 Å². The summed E-state index contributed by atoms with van der Waals surface area (Å²) in [6.07, 6.45) is 2.67. The molecular weight excluding hydrogens is 495 g/mol. The summed E-state index contributed by atoms with van der Waals surface area (Å²) in [5.41, 5.74) is 3.60. The monoisotopic (exact) mass is 530 g/mol. The fraction of sp³-hybridized carbons (Fsp3) is 0.600. The van der Waals surface area contributed by atoms with Crippen molar-refractivity contribution >= 4 is 23.6 Å². The van der Waals surface area contributed by atoms with Crippen LogP contribution in [0.1, 0.15) is 6.42 Å². The summed E-state index contributed by atoms with van der Waals surface area (Å²) in [5, 5.41) is 2.84. The Hall–Kier alpha value is -1.47. The number of benzene rings is 1. The van der Waals surface area contributed by atoms with Crippen LogP contribution >= 0.6 is 11.8 Å². The molecule has 192 valence electrons. The largest absolute Gasteiger partial charge is 1.00 e. The van der Waals surface area contributed by atoms with Gasteiger partial charge in [-0.05, 0) is 30.6 Å². The van der Waals surface area contributed by atoms with Gasteiger partial charge < -0.3 is 66.1 Å². The SMILES string of the molecule is CSCCC(NC(=O)C[NH3+])C(=O)N1CC[NH+](CC2COc3ccccc3O2)CC1.O.O.[Cl-].[Cl-]. The lowest BCUT2D eigenvalue weighted by Crippen LogP contribution is -3.16. The maximum Gasteiger partial charge on any atom is 0.275 e. The Morgan fingerprint density at radius 1 is 1.21 bits per heavy atom. The highest BCUT2D eigenvalue weighted by molar-refractivity contribution is 7.98. The molecule has 0 aromatic heterocycles. The third kappa shape index (κ3) is 9.73. The molecule has 9 N–H and O–H groups in total. The summed E-state index contributed by atoms with van der Waals surface area (Å²) < 4.78 is 11.9. The molecule has 0 saturated carbocycles. The zero-order valence-electron chi connectivity index (χ0n) is 18.8. The molecule has 2 amide bonds. The van der Waals surface area contributed by atoms with Gasteiger partial charge in [0.2, 0.25) is 5.91 Å². The van der Waals surface area contributed by atoms with E-state index in [0.717, 1.165) is 36.9 Å². The van der Waals surface area contributed by atoms with Crippen molar-refractivity contribution < 1.29 is 65.5 Å². The predicted molar refractivity (Wildman–Crippen MR) is 118 cm³/mol. The van der Waals surface area contributed by atoms with E-state index >= 15 is 0 Å². The van der Waals surface area contributed by atoms with E-state index in [1.807, 2.05) is 35.4 Å². The van der Waals surface area contributed by atoms with Crippen LogP contribution in [0.5, 0.6) is 11.5 Å². The van der Waals surface area contributed by atoms with E-state index in [4.69, 9.17) is 9.47 Å². The third-order valence-electron chi connectivity index (χ3n) is 5.34. The average Bonchev–Trinajstić information content (AvgIpc) is 2.76. The second-order valence-corrected chi connectivity index (χ2v) is 8.41. The lowest BCUT2D eigenvalue weighted by atomic mass is 10.1. The highest BCUT2D eigenvalue weighted by atomic mass is 35.5. The van der Waals surface area contributed by atoms with Gasteiger partial charge in [-0.15, -0.1) is 0 Å². The number of ether oxygens (including phenoxy) is 2. The molecule has 2 atom stereocenters. The zero-order valence-corrected chi connectivity index (χ0v) is 21.1. The van der Waals surface area contributed by atoms with Crippen LogP contribution < -0.4 is 50.2 Å². The number of carbonyl (C=O) groups is 2. The first-order chi connectivity index (χ1) is 14.1. The molecule has 13 heteroatoms. The molecule has 3 rings (SSSR count). The van der Waals surface area contributed by atoms with Crippen molar-refractivity contribution in [3.05, 3.63) is 24.3 Å². The Bertz CT molecular complexity index is 713. The number of para-hydroxylation sites is 2. The molecule has 2 aliphatic rings. The second-order valence-electron chi connectivity index (χ2n) is 7.43. The van der Waals surface area contributed by atoms with Crippen LogP contribution in [0.25, 0.3) is 0 Å². The van der Waals surface area contributed by atoms with Gasteiger partial charge in [-0.3, -0.25) is 9.59 Å². The van der Waals surface area contributed by atoms with Crippen LogP contribution in [0.4, 0.5) is 0 Å². The molecule has 10 nitrogen and oxygen atoms in total. The van der Waals surface area contributed by atoms with Gasteiger partial charge in [-0.25, -0.2) is 0 Å². The summed E-state index contributed by atoms with van der Waals surface area (Å²) in [6, 6.07) is 7.29. The highest BCUT2D eigenvalue weighted by Crippen LogP contribution is 2.30. The standard InChI is InChI=1S/C20H30N4O4S.2ClH.2H2O/c1-29-11-6-16(22-19(25)12-21)20(26)24-9-7-23(8-10-24)13-15-14-27-17-4-2-3-5-18(17)28-15;;;;/h2-5,15-16H,6-14,21H2,1H3,(H,22,25);2*1H;2*1H2. The first kappa shape index (κ1) is 33.7. The number of amides is 2. The molecule has 2 heterocycles. The van der Waals surface area contributed by atoms with Gasteiger partial charge in [-0.1, -0.05) is 12.1 Å². The third-order valence-corrected chi connectivity index (χ3v) is 5.98. The van der Waals surface area contributed by atoms with E-state index in [9.17, 15) is 9.59 Å². The second kappa shape index (κ2) is 17.0. The van der Waals surface area contributed by atoms with E-state index in [-0.39, 0.29) is 60.2 Å². The maximum absolute atomic E-state index is 12.9. The lowest BCUT2D eigenvalue weighted by Gasteiger charge is -2.36. The number of nitrogens with one attached hydrogen (secondary N) is 2. The minimum atomic E-state index is -0.454. The van der Waals surface area contributed by atoms with Gasteiger partial charge in [0.05, 0.1) is 26.2 Å². The number of quaternary nitrogens is 2. The number of fused-ring (bicyclic) bond motifs is 1. The van der Waals surface area contributed by atoms with Crippen LogP contribution in [-0.2, 0) is 9.59 Å². The normalized spacial score (nSPS) is 17.8. The Balaban J connectivity index is 0. The number of carbonyl (C=O) groups excluding carboxylic acids is 2. The Kier molecular flexibility index (Phi) is 17.4. The number of halogens is 2. The molecular formula is C20H36Cl2N4O6S. The topological polar surface area (TPSA) is 163 Å². The quantitative estimate of drug-likeness (QED) is 0.303. The molecule has 33 heavy (non-hydrogen) atoms. The fourth-order valence-electron chi connectivity index (χ4n) is 3.71. The minimum Gasteiger partial charge on any atom is -1.00 e. The van der Waals surface area contributed by atoms with Gasteiger partial charge in [0.15, 0.2) is 24.1 Å². The summed E-state index contributed by atoms with van der Waals surface area (Å²) in [6.45, 7) is 4.66. The van der Waals surface area contributed by atoms with Crippen LogP contribution in [0.3, 0.4) is 0 Å². The summed E-state index contributed by atoms with van der Waals surface area (Å²) >= 11 is 1.68. The molecule has 0 bridgehead atoms. The van der Waals surface area contributed by atoms with Crippen molar-refractivity contribution in [3.8, 4) is 11.5 Å². The number of rotatable bonds is 8. The highest BCUT2D eigenvalue weighted by Gasteiger charge is 2.32. The van der Waals surface area contributed by atoms with E-state index in [1.165, 1.54) is 4.90 Å². The van der Waals surface area contributed by atoms with Crippen LogP contribution in [0.15, 0.2) is 24.3 Å². The summed E-state index contributed by atoms with van der Waals surface area (Å²) in [7, 11) is 0. The van der Waals surface area contributed by atoms with Crippen LogP contribution in [-0.4, -0.2) is 97.7 Å². The Labute approximate surface area is 211 Å². The van der Waals surface area contributed by atoms with Gasteiger partial charge in [0.25, 0.3) is 5.91 Å². The molecule has 0 spiro atoms. The van der Waals surface area contributed by atoms with E-state index in [2.05, 4.69) is 11.1 Å². The van der Waals surface area contributed by atoms with Crippen molar-refractivity contribution in [2.24, 2.45) is 0 Å². The Morgan fingerprint density at radius 2 is 1.85 bits per heavy atom. The summed E-state index contributed by atoms with van der Waals surface area (Å²) in [4.78, 5) is 28.0. The number of hydrogen-bond acceptors (Lipinski definition) is 5. The summed E-state index contributed by atoms with van der Waals surface area (Å²) in [5.74, 6) is 2.28. The minimum absolute atomic E-state index is 0. The smallest absolute Gasteiger partial charge is 0.275 e. The molecule has 1 aromatic rings. The van der Waals surface area contributed by atoms with E-state index in [1.54, 1.807) is 11.8 Å². The first-order valence-electron chi connectivity index (χ1n) is 10.2. The zero-order chi connectivity index (χ0) is 20.6. The van der Waals surface area contributed by atoms with Crippen LogP contribution in [0.2, 0.25) is 0 Å². The van der Waals surface area contributed by atoms with E-state index < -0.39 is 6.04 Å². The van der Waals surface area contributed by atoms with Gasteiger partial charge in [0.1, 0.15) is 19.2 Å². The fourth-order valence-corrected chi connectivity index (χ4v) is 4.18. The average molecular weight is 532 g/mol. The molecule has 0 aliphatic carbocycles. The van der Waals surface area contributed by atoms with E-state index in [0.29, 0.717) is 26.1 Å². The van der Waals surface area contributed by atoms with Crippen LogP contribution in [0, 0.1) is 0 Å². The van der Waals surface area contributed by atoms with Crippen molar-refractivity contribution in [3.63, 3.8) is 0 Å². The van der Waals surface area contributed by atoms with Crippen molar-refractivity contribution in [1.82, 2.24) is 10.2 Å². The number of nitrogens with zero attached hydrogens (tertiary/aromatic N) is 1. The molecule has 2 unspecified atom stereocenters. The van der Waals surface area contributed by atoms with Crippen molar-refractivity contribution in [2.75, 3.05) is 57.9 Å². The number of hydrogen-bond donors (Lipinski definition) is 3. The molecule has 1 saturated heterocycles. The predicted octanol–water partition coefficient (Wildman–Crippen LogP) is -9.61. The molecule has 2 aliphatic heterocycles. The van der Waals surface area contributed by atoms with Gasteiger partial charge >= 0.3 is 0 Å². The number of thioether (sulfide) groups is 1. The number of piperazine rings is 1. The molecule has 1 aromatic carbocycles. The molecule has 0 radical (unpaired) electrons. The van der Waals surface area contributed by atoms with Gasteiger partial charge in [0, 0.05) is 0 Å². The van der Waals surface area contributed by atoms with Crippen molar-refractivity contribution in [2.45, 2.75) is 18.6 Å². The van der Waals surface area contributed by atoms with Gasteiger partial charge in [-0.2, -0.15) is 11.8 Å². The lowest BCUT2D eigenvalue weighted by molar-refractivity contribution is -0.906. The first-order valence-corrected chi connectivity index (χ1v) is 11.6. The Morgan fingerprint density at radius 3 is 2.45 bits per heavy atom.